The third-order valence-corrected chi connectivity index (χ3v) is 7.73. The monoisotopic (exact) mass is 664 g/mol. The van der Waals surface area contributed by atoms with Gasteiger partial charge in [-0.3, -0.25) is 25.6 Å². The zero-order valence-corrected chi connectivity index (χ0v) is 24.4. The Bertz CT molecular complexity index is 1390. The Morgan fingerprint density at radius 2 is 1.93 bits per heavy atom. The number of nitrogens with two attached hydrogens (primary N) is 1. The molecule has 7 N–H and O–H groups in total. The van der Waals surface area contributed by atoms with Gasteiger partial charge in [0.2, 0.25) is 6.23 Å². The molecule has 3 heterocycles. The van der Waals surface area contributed by atoms with Crippen molar-refractivity contribution < 1.29 is 42.8 Å². The predicted molar refractivity (Wildman–Crippen MR) is 157 cm³/mol. The third kappa shape index (κ3) is 9.43. The first kappa shape index (κ1) is 33.9. The highest BCUT2D eigenvalue weighted by Crippen LogP contribution is 2.45. The van der Waals surface area contributed by atoms with Crippen LogP contribution >= 0.6 is 33.8 Å². The van der Waals surface area contributed by atoms with Gasteiger partial charge in [-0.2, -0.15) is 18.9 Å². The fraction of sp³-hybridized carbons (Fsp3) is 0.409. The van der Waals surface area contributed by atoms with Gasteiger partial charge < -0.3 is 30.2 Å². The van der Waals surface area contributed by atoms with E-state index < -0.39 is 48.8 Å². The highest BCUT2D eigenvalue weighted by molar-refractivity contribution is 8.76. The molecule has 0 saturated carbocycles. The van der Waals surface area contributed by atoms with Gasteiger partial charge in [-0.05, 0) is 30.4 Å². The zero-order valence-electron chi connectivity index (χ0n) is 22.0. The fourth-order valence-electron chi connectivity index (χ4n) is 3.24. The van der Waals surface area contributed by atoms with E-state index in [9.17, 15) is 28.3 Å². The second kappa shape index (κ2) is 15.7. The Hall–Kier alpha value is -3.63. The van der Waals surface area contributed by atoms with Gasteiger partial charge in [-0.15, -0.1) is 0 Å². The SMILES string of the molecule is NC(=S)N/N=C/c1ncccc1NC(=O)OCCSSCCOC(=O)Nc1ccn(C2OCC(O)(CO)C2(F)F)c(=O)n1. The number of hydrazone groups is 1. The number of aromatic nitrogens is 3. The molecule has 1 aliphatic heterocycles. The first-order chi connectivity index (χ1) is 20.5. The Kier molecular flexibility index (Phi) is 12.4. The van der Waals surface area contributed by atoms with E-state index >= 15 is 0 Å². The molecule has 0 bridgehead atoms. The summed E-state index contributed by atoms with van der Waals surface area (Å²) in [4.78, 5) is 43.8. The van der Waals surface area contributed by atoms with Crippen molar-refractivity contribution >= 4 is 68.8 Å². The van der Waals surface area contributed by atoms with E-state index in [-0.39, 0.29) is 24.1 Å². The standard InChI is InChI=1S/C22H26F2N8O8S3/c23-22(24)16(40-12-21(22,37)11-33)32-5-3-15(29-18(32)34)30-20(36)39-7-9-43-42-8-6-38-19(35)28-13-2-1-4-26-14(13)10-27-31-17(25)41/h1-5,10,16,33,37H,6-9,11-12H2,(H,28,35)(H3,25,31,41)(H,29,30,34,36)/b27-10+. The molecule has 0 aromatic carbocycles. The number of aliphatic hydroxyl groups is 2. The molecule has 43 heavy (non-hydrogen) atoms. The van der Waals surface area contributed by atoms with Crippen LogP contribution in [0, 0.1) is 0 Å². The van der Waals surface area contributed by atoms with Crippen molar-refractivity contribution in [1.82, 2.24) is 20.0 Å². The molecule has 21 heteroatoms. The van der Waals surface area contributed by atoms with Crippen LogP contribution in [0.5, 0.6) is 0 Å². The lowest BCUT2D eigenvalue weighted by Gasteiger charge is -2.28. The minimum atomic E-state index is -3.98. The number of nitrogens with one attached hydrogen (secondary N) is 3. The number of alkyl halides is 2. The molecule has 234 valence electrons. The summed E-state index contributed by atoms with van der Waals surface area (Å²) in [6, 6.07) is 4.29. The summed E-state index contributed by atoms with van der Waals surface area (Å²) in [5.41, 5.74) is 4.33. The molecular formula is C22H26F2N8O8S3. The van der Waals surface area contributed by atoms with Crippen molar-refractivity contribution in [2.75, 3.05) is 48.6 Å². The average Bonchev–Trinajstić information content (AvgIpc) is 3.19. The van der Waals surface area contributed by atoms with Crippen LogP contribution in [0.1, 0.15) is 11.9 Å². The van der Waals surface area contributed by atoms with Gasteiger partial charge in [0.15, 0.2) is 10.7 Å². The highest BCUT2D eigenvalue weighted by Gasteiger charge is 2.65. The van der Waals surface area contributed by atoms with E-state index in [1.165, 1.54) is 34.0 Å². The first-order valence-corrected chi connectivity index (χ1v) is 14.9. The van der Waals surface area contributed by atoms with Crippen LogP contribution in [0.2, 0.25) is 0 Å². The van der Waals surface area contributed by atoms with Crippen LogP contribution < -0.4 is 27.5 Å². The Morgan fingerprint density at radius 1 is 1.26 bits per heavy atom. The van der Waals surface area contributed by atoms with E-state index in [0.717, 1.165) is 12.3 Å². The average molecular weight is 665 g/mol. The largest absolute Gasteiger partial charge is 0.448 e. The van der Waals surface area contributed by atoms with Gasteiger partial charge in [0.25, 0.3) is 0 Å². The minimum Gasteiger partial charge on any atom is -0.448 e. The summed E-state index contributed by atoms with van der Waals surface area (Å²) in [6.45, 7) is -2.10. The lowest BCUT2D eigenvalue weighted by atomic mass is 9.99. The Balaban J connectivity index is 1.31. The Labute approximate surface area is 255 Å². The van der Waals surface area contributed by atoms with Gasteiger partial charge in [0.05, 0.1) is 25.1 Å². The molecule has 0 radical (unpaired) electrons. The van der Waals surface area contributed by atoms with Gasteiger partial charge in [0, 0.05) is 23.9 Å². The maximum absolute atomic E-state index is 14.4. The lowest BCUT2D eigenvalue weighted by molar-refractivity contribution is -0.195. The topological polar surface area (TPSA) is 225 Å². The minimum absolute atomic E-state index is 0.0150. The van der Waals surface area contributed by atoms with Gasteiger partial charge >= 0.3 is 23.8 Å². The number of ether oxygens (including phenoxy) is 3. The summed E-state index contributed by atoms with van der Waals surface area (Å²) >= 11 is 4.65. The van der Waals surface area contributed by atoms with Crippen LogP contribution in [0.4, 0.5) is 29.9 Å². The molecule has 1 aliphatic rings. The van der Waals surface area contributed by atoms with Crippen LogP contribution in [0.15, 0.2) is 40.5 Å². The number of aliphatic hydroxyl groups excluding tert-OH is 1. The smallest absolute Gasteiger partial charge is 0.412 e. The maximum Gasteiger partial charge on any atom is 0.412 e. The lowest BCUT2D eigenvalue weighted by Crippen LogP contribution is -2.52. The number of pyridine rings is 1. The maximum atomic E-state index is 14.4. The molecule has 2 amide bonds. The second-order valence-corrected chi connectivity index (χ2v) is 11.5. The molecule has 2 unspecified atom stereocenters. The summed E-state index contributed by atoms with van der Waals surface area (Å²) < 4.78 is 44.2. The van der Waals surface area contributed by atoms with E-state index in [0.29, 0.717) is 27.5 Å². The van der Waals surface area contributed by atoms with Crippen LogP contribution in [-0.4, -0.2) is 97.7 Å². The molecule has 1 fully saturated rings. The van der Waals surface area contributed by atoms with Crippen molar-refractivity contribution in [3.8, 4) is 0 Å². The molecule has 1 saturated heterocycles. The predicted octanol–water partition coefficient (Wildman–Crippen LogP) is 0.871. The van der Waals surface area contributed by atoms with Crippen molar-refractivity contribution in [2.24, 2.45) is 10.8 Å². The van der Waals surface area contributed by atoms with Crippen molar-refractivity contribution in [3.05, 3.63) is 46.8 Å². The number of carbonyl (C=O) groups is 2. The van der Waals surface area contributed by atoms with Gasteiger partial charge in [-0.25, -0.2) is 14.4 Å². The molecule has 0 aliphatic carbocycles. The number of carbonyl (C=O) groups excluding carboxylic acids is 2. The summed E-state index contributed by atoms with van der Waals surface area (Å²) in [7, 11) is 2.71. The first-order valence-electron chi connectivity index (χ1n) is 12.0. The van der Waals surface area contributed by atoms with Crippen LogP contribution in [-0.2, 0) is 14.2 Å². The number of hydrogen-bond acceptors (Lipinski definition) is 14. The third-order valence-electron chi connectivity index (χ3n) is 5.30. The second-order valence-electron chi connectivity index (χ2n) is 8.31. The van der Waals surface area contributed by atoms with Crippen LogP contribution in [0.25, 0.3) is 0 Å². The van der Waals surface area contributed by atoms with Crippen molar-refractivity contribution in [2.45, 2.75) is 17.8 Å². The highest BCUT2D eigenvalue weighted by atomic mass is 33.1. The van der Waals surface area contributed by atoms with Crippen LogP contribution in [0.3, 0.4) is 0 Å². The summed E-state index contributed by atoms with van der Waals surface area (Å²) in [6.07, 6.45) is -0.0920. The van der Waals surface area contributed by atoms with E-state index in [1.54, 1.807) is 12.1 Å². The number of rotatable bonds is 13. The number of nitrogens with zero attached hydrogens (tertiary/aromatic N) is 4. The van der Waals surface area contributed by atoms with Gasteiger partial charge in [-0.1, -0.05) is 21.6 Å². The normalized spacial score (nSPS) is 19.1. The van der Waals surface area contributed by atoms with Crippen molar-refractivity contribution in [3.63, 3.8) is 0 Å². The molecule has 2 aromatic heterocycles. The number of halogens is 2. The van der Waals surface area contributed by atoms with E-state index in [1.807, 2.05) is 0 Å². The molecule has 0 spiro atoms. The van der Waals surface area contributed by atoms with Gasteiger partial charge in [0.1, 0.15) is 24.7 Å². The van der Waals surface area contributed by atoms with Crippen molar-refractivity contribution in [1.29, 1.82) is 0 Å². The fourth-order valence-corrected chi connectivity index (χ4v) is 4.95. The summed E-state index contributed by atoms with van der Waals surface area (Å²) in [5, 5.41) is 27.4. The number of hydrogen-bond donors (Lipinski definition) is 6. The molecular weight excluding hydrogens is 638 g/mol. The number of anilines is 2. The van der Waals surface area contributed by atoms with E-state index in [4.69, 9.17) is 25.1 Å². The number of amides is 2. The molecule has 16 nitrogen and oxygen atoms in total. The zero-order chi connectivity index (χ0) is 31.5. The molecule has 2 atom stereocenters. The Morgan fingerprint density at radius 3 is 2.53 bits per heavy atom. The van der Waals surface area contributed by atoms with E-state index in [2.05, 4.69) is 43.3 Å². The molecule has 2 aromatic rings. The quantitative estimate of drug-likeness (QED) is 0.0575. The number of thiocarbonyl (C=S) groups is 1. The molecule has 3 rings (SSSR count). The summed E-state index contributed by atoms with van der Waals surface area (Å²) in [5.74, 6) is -3.43.